The van der Waals surface area contributed by atoms with Crippen molar-refractivity contribution < 1.29 is 19.1 Å². The van der Waals surface area contributed by atoms with Crippen molar-refractivity contribution in [1.29, 1.82) is 0 Å². The van der Waals surface area contributed by atoms with Crippen LogP contribution >= 0.6 is 0 Å². The third-order valence-electron chi connectivity index (χ3n) is 7.99. The predicted octanol–water partition coefficient (Wildman–Crippen LogP) is 3.04. The molecule has 4 aliphatic rings. The van der Waals surface area contributed by atoms with Crippen LogP contribution in [-0.4, -0.2) is 54.6 Å². The van der Waals surface area contributed by atoms with Crippen molar-refractivity contribution in [3.8, 4) is 11.5 Å². The molecular formula is C26H29N3O4. The van der Waals surface area contributed by atoms with Crippen molar-refractivity contribution in [1.82, 2.24) is 9.80 Å². The van der Waals surface area contributed by atoms with Crippen LogP contribution in [0.1, 0.15) is 30.4 Å². The van der Waals surface area contributed by atoms with Crippen molar-refractivity contribution in [2.75, 3.05) is 32.2 Å². The Hall–Kier alpha value is -3.06. The number of nitrogens with one attached hydrogen (secondary N) is 1. The Bertz CT molecular complexity index is 1110. The standard InChI is InChI=1S/C26H29N3O4/c1-28-15-18-5-3-2-4-17(18)12-21(28)25(31)29-10-8-26(9-11-29)14-20(26)24(30)27-19-6-7-22-23(13-19)33-16-32-22/h2-7,13,20-21H,8-12,14-16H2,1H3,(H,27,30)/t20-,21-/m1/s1. The molecule has 1 aliphatic carbocycles. The van der Waals surface area contributed by atoms with Crippen LogP contribution in [0.4, 0.5) is 5.69 Å². The van der Waals surface area contributed by atoms with E-state index in [9.17, 15) is 9.59 Å². The molecule has 3 aliphatic heterocycles. The Morgan fingerprint density at radius 2 is 1.79 bits per heavy atom. The molecule has 7 nitrogen and oxygen atoms in total. The molecule has 172 valence electrons. The lowest BCUT2D eigenvalue weighted by atomic mass is 9.89. The molecule has 33 heavy (non-hydrogen) atoms. The van der Waals surface area contributed by atoms with Crippen molar-refractivity contribution in [3.63, 3.8) is 0 Å². The molecular weight excluding hydrogens is 418 g/mol. The van der Waals surface area contributed by atoms with E-state index in [-0.39, 0.29) is 36.0 Å². The summed E-state index contributed by atoms with van der Waals surface area (Å²) in [4.78, 5) is 30.4. The summed E-state index contributed by atoms with van der Waals surface area (Å²) in [6, 6.07) is 13.8. The summed E-state index contributed by atoms with van der Waals surface area (Å²) >= 11 is 0. The maximum atomic E-state index is 13.3. The van der Waals surface area contributed by atoms with Gasteiger partial charge in [0, 0.05) is 37.3 Å². The highest BCUT2D eigenvalue weighted by Gasteiger charge is 2.59. The highest BCUT2D eigenvalue weighted by atomic mass is 16.7. The van der Waals surface area contributed by atoms with Gasteiger partial charge in [0.15, 0.2) is 11.5 Å². The van der Waals surface area contributed by atoms with Crippen LogP contribution < -0.4 is 14.8 Å². The number of piperidine rings is 1. The summed E-state index contributed by atoms with van der Waals surface area (Å²) in [5.74, 6) is 1.69. The van der Waals surface area contributed by atoms with Crippen molar-refractivity contribution >= 4 is 17.5 Å². The second-order valence-corrected chi connectivity index (χ2v) is 9.91. The van der Waals surface area contributed by atoms with E-state index in [1.807, 2.05) is 30.1 Å². The molecule has 6 rings (SSSR count). The Morgan fingerprint density at radius 1 is 1.03 bits per heavy atom. The van der Waals surface area contributed by atoms with Crippen LogP contribution in [0, 0.1) is 11.3 Å². The number of likely N-dealkylation sites (tertiary alicyclic amines) is 1. The van der Waals surface area contributed by atoms with Gasteiger partial charge < -0.3 is 19.7 Å². The van der Waals surface area contributed by atoms with Gasteiger partial charge in [-0.2, -0.15) is 0 Å². The summed E-state index contributed by atoms with van der Waals surface area (Å²) < 4.78 is 10.7. The van der Waals surface area contributed by atoms with Gasteiger partial charge in [-0.15, -0.1) is 0 Å². The minimum Gasteiger partial charge on any atom is -0.454 e. The number of hydrogen-bond donors (Lipinski definition) is 1. The third-order valence-corrected chi connectivity index (χ3v) is 7.99. The second kappa shape index (κ2) is 7.76. The fourth-order valence-corrected chi connectivity index (χ4v) is 5.79. The summed E-state index contributed by atoms with van der Waals surface area (Å²) in [5.41, 5.74) is 3.38. The van der Waals surface area contributed by atoms with Gasteiger partial charge in [-0.3, -0.25) is 14.5 Å². The summed E-state index contributed by atoms with van der Waals surface area (Å²) in [5, 5.41) is 3.04. The fraction of sp³-hybridized carbons (Fsp3) is 0.462. The maximum absolute atomic E-state index is 13.3. The van der Waals surface area contributed by atoms with Crippen LogP contribution in [0.15, 0.2) is 42.5 Å². The minimum absolute atomic E-state index is 0.0180. The van der Waals surface area contributed by atoms with Crippen LogP contribution in [-0.2, 0) is 22.6 Å². The molecule has 7 heteroatoms. The van der Waals surface area contributed by atoms with Gasteiger partial charge >= 0.3 is 0 Å². The number of fused-ring (bicyclic) bond motifs is 2. The zero-order chi connectivity index (χ0) is 22.6. The number of hydrogen-bond acceptors (Lipinski definition) is 5. The number of amides is 2. The summed E-state index contributed by atoms with van der Waals surface area (Å²) in [6.07, 6.45) is 3.46. The third kappa shape index (κ3) is 3.64. The smallest absolute Gasteiger partial charge is 0.240 e. The molecule has 2 atom stereocenters. The number of rotatable bonds is 3. The van der Waals surface area contributed by atoms with Gasteiger partial charge in [0.2, 0.25) is 18.6 Å². The first-order chi connectivity index (χ1) is 16.0. The number of carbonyl (C=O) groups is 2. The van der Waals surface area contributed by atoms with Crippen molar-refractivity contribution in [2.45, 2.75) is 38.3 Å². The number of nitrogens with zero attached hydrogens (tertiary/aromatic N) is 2. The quantitative estimate of drug-likeness (QED) is 0.783. The summed E-state index contributed by atoms with van der Waals surface area (Å²) in [7, 11) is 2.04. The SMILES string of the molecule is CN1Cc2ccccc2C[C@@H]1C(=O)N1CCC2(CC1)C[C@@H]2C(=O)Nc1ccc2c(c1)OCO2. The highest BCUT2D eigenvalue weighted by molar-refractivity contribution is 5.95. The van der Waals surface area contributed by atoms with Crippen LogP contribution in [0.25, 0.3) is 0 Å². The zero-order valence-corrected chi connectivity index (χ0v) is 18.9. The Kier molecular flexibility index (Phi) is 4.83. The van der Waals surface area contributed by atoms with Gasteiger partial charge in [0.1, 0.15) is 0 Å². The molecule has 0 aromatic heterocycles. The molecule has 2 aromatic rings. The molecule has 1 saturated carbocycles. The first-order valence-corrected chi connectivity index (χ1v) is 11.8. The van der Waals surface area contributed by atoms with Gasteiger partial charge in [-0.1, -0.05) is 24.3 Å². The summed E-state index contributed by atoms with van der Waals surface area (Å²) in [6.45, 7) is 2.50. The Morgan fingerprint density at radius 3 is 2.61 bits per heavy atom. The molecule has 0 bridgehead atoms. The number of benzene rings is 2. The van der Waals surface area contributed by atoms with E-state index in [4.69, 9.17) is 9.47 Å². The highest BCUT2D eigenvalue weighted by Crippen LogP contribution is 2.59. The second-order valence-electron chi connectivity index (χ2n) is 9.91. The molecule has 2 amide bonds. The van der Waals surface area contributed by atoms with Crippen LogP contribution in [0.2, 0.25) is 0 Å². The molecule has 1 N–H and O–H groups in total. The van der Waals surface area contributed by atoms with E-state index in [1.54, 1.807) is 0 Å². The number of ether oxygens (including phenoxy) is 2. The fourth-order valence-electron chi connectivity index (χ4n) is 5.79. The van der Waals surface area contributed by atoms with E-state index in [2.05, 4.69) is 34.5 Å². The molecule has 0 radical (unpaired) electrons. The lowest BCUT2D eigenvalue weighted by molar-refractivity contribution is -0.138. The van der Waals surface area contributed by atoms with Gasteiger partial charge in [0.05, 0.1) is 6.04 Å². The molecule has 1 spiro atoms. The molecule has 2 fully saturated rings. The van der Waals surface area contributed by atoms with E-state index in [0.29, 0.717) is 11.5 Å². The zero-order valence-electron chi connectivity index (χ0n) is 18.9. The number of carbonyl (C=O) groups excluding carboxylic acids is 2. The van der Waals surface area contributed by atoms with E-state index in [0.717, 1.165) is 51.0 Å². The monoisotopic (exact) mass is 447 g/mol. The molecule has 0 unspecified atom stereocenters. The van der Waals surface area contributed by atoms with Gasteiger partial charge in [-0.05, 0) is 61.4 Å². The Labute approximate surface area is 193 Å². The normalized spacial score (nSPS) is 24.9. The lowest BCUT2D eigenvalue weighted by Gasteiger charge is -2.39. The number of anilines is 1. The van der Waals surface area contributed by atoms with Crippen molar-refractivity contribution in [3.05, 3.63) is 53.6 Å². The maximum Gasteiger partial charge on any atom is 0.240 e. The van der Waals surface area contributed by atoms with Gasteiger partial charge in [0.25, 0.3) is 0 Å². The average molecular weight is 448 g/mol. The molecule has 2 aromatic carbocycles. The first kappa shape index (κ1) is 20.5. The first-order valence-electron chi connectivity index (χ1n) is 11.8. The van der Waals surface area contributed by atoms with Crippen LogP contribution in [0.3, 0.4) is 0 Å². The average Bonchev–Trinajstić information content (AvgIpc) is 3.31. The Balaban J connectivity index is 1.05. The van der Waals surface area contributed by atoms with Crippen LogP contribution in [0.5, 0.6) is 11.5 Å². The van der Waals surface area contributed by atoms with E-state index >= 15 is 0 Å². The lowest BCUT2D eigenvalue weighted by Crippen LogP contribution is -2.52. The molecule has 3 heterocycles. The van der Waals surface area contributed by atoms with Gasteiger partial charge in [-0.25, -0.2) is 0 Å². The minimum atomic E-state index is -0.0988. The number of likely N-dealkylation sites (N-methyl/N-ethyl adjacent to an activating group) is 1. The van der Waals surface area contributed by atoms with Crippen molar-refractivity contribution in [2.24, 2.45) is 11.3 Å². The predicted molar refractivity (Wildman–Crippen MR) is 123 cm³/mol. The largest absolute Gasteiger partial charge is 0.454 e. The topological polar surface area (TPSA) is 71.1 Å². The van der Waals surface area contributed by atoms with E-state index < -0.39 is 0 Å². The van der Waals surface area contributed by atoms with E-state index in [1.165, 1.54) is 11.1 Å². The molecule has 1 saturated heterocycles.